The zero-order valence-corrected chi connectivity index (χ0v) is 8.66. The minimum atomic E-state index is -1.88. The van der Waals surface area contributed by atoms with E-state index >= 15 is 0 Å². The third-order valence-electron chi connectivity index (χ3n) is 2.47. The Bertz CT molecular complexity index is 463. The fourth-order valence-electron chi connectivity index (χ4n) is 1.68. The van der Waals surface area contributed by atoms with E-state index in [1.54, 1.807) is 0 Å². The molecule has 90 valence electrons. The van der Waals surface area contributed by atoms with Crippen LogP contribution >= 0.6 is 0 Å². The predicted octanol–water partition coefficient (Wildman–Crippen LogP) is -1.82. The van der Waals surface area contributed by atoms with Crippen LogP contribution in [0.3, 0.4) is 0 Å². The van der Waals surface area contributed by atoms with Gasteiger partial charge >= 0.3 is 13.1 Å². The van der Waals surface area contributed by atoms with Gasteiger partial charge in [0.25, 0.3) is 0 Å². The molecule has 1 unspecified atom stereocenters. The largest absolute Gasteiger partial charge is 0.492 e. The monoisotopic (exact) mass is 239 g/mol. The Kier molecular flexibility index (Phi) is 2.92. The SMILES string of the molecule is NC(C(=O)O)c1ccc2c(c1B(O)O)OCO2. The normalized spacial score (nSPS) is 14.5. The number of hydrogen-bond donors (Lipinski definition) is 4. The van der Waals surface area contributed by atoms with Crippen LogP contribution < -0.4 is 20.7 Å². The number of carboxylic acids is 1. The van der Waals surface area contributed by atoms with Crippen molar-refractivity contribution in [1.29, 1.82) is 0 Å². The quantitative estimate of drug-likeness (QED) is 0.458. The van der Waals surface area contributed by atoms with Gasteiger partial charge in [-0.1, -0.05) is 6.07 Å². The van der Waals surface area contributed by atoms with Crippen LogP contribution in [-0.4, -0.2) is 35.0 Å². The standard InChI is InChI=1S/C9H10BNO6/c11-7(9(12)13)4-1-2-5-8(17-3-16-5)6(4)10(14)15/h1-2,7,14-15H,3,11H2,(H,12,13). The second-order valence-electron chi connectivity index (χ2n) is 3.49. The molecule has 0 aliphatic carbocycles. The average Bonchev–Trinajstić information content (AvgIpc) is 2.73. The van der Waals surface area contributed by atoms with Crippen molar-refractivity contribution in [1.82, 2.24) is 0 Å². The Morgan fingerprint density at radius 2 is 2.12 bits per heavy atom. The second-order valence-corrected chi connectivity index (χ2v) is 3.49. The first-order valence-corrected chi connectivity index (χ1v) is 4.79. The summed E-state index contributed by atoms with van der Waals surface area (Å²) >= 11 is 0. The summed E-state index contributed by atoms with van der Waals surface area (Å²) in [5.41, 5.74) is 5.46. The molecule has 2 rings (SSSR count). The van der Waals surface area contributed by atoms with Crippen LogP contribution in [-0.2, 0) is 4.79 Å². The van der Waals surface area contributed by atoms with Crippen LogP contribution in [0, 0.1) is 0 Å². The van der Waals surface area contributed by atoms with Crippen LogP contribution in [0.2, 0.25) is 0 Å². The molecule has 0 radical (unpaired) electrons. The van der Waals surface area contributed by atoms with Crippen molar-refractivity contribution in [2.24, 2.45) is 5.73 Å². The van der Waals surface area contributed by atoms with Gasteiger partial charge in [0.15, 0.2) is 11.5 Å². The molecule has 1 aliphatic rings. The molecule has 1 aromatic rings. The van der Waals surface area contributed by atoms with Crippen LogP contribution in [0.15, 0.2) is 12.1 Å². The lowest BCUT2D eigenvalue weighted by molar-refractivity contribution is -0.138. The van der Waals surface area contributed by atoms with E-state index in [9.17, 15) is 14.8 Å². The van der Waals surface area contributed by atoms with Crippen molar-refractivity contribution in [3.05, 3.63) is 17.7 Å². The lowest BCUT2D eigenvalue weighted by Crippen LogP contribution is -2.38. The maximum absolute atomic E-state index is 10.8. The first kappa shape index (κ1) is 11.7. The van der Waals surface area contributed by atoms with Gasteiger partial charge in [-0.05, 0) is 11.6 Å². The van der Waals surface area contributed by atoms with Crippen molar-refractivity contribution in [3.8, 4) is 11.5 Å². The molecule has 0 amide bonds. The highest BCUT2D eigenvalue weighted by Crippen LogP contribution is 2.32. The van der Waals surface area contributed by atoms with E-state index in [0.717, 1.165) is 0 Å². The average molecular weight is 239 g/mol. The Labute approximate surface area is 96.5 Å². The summed E-state index contributed by atoms with van der Waals surface area (Å²) in [4.78, 5) is 10.8. The van der Waals surface area contributed by atoms with E-state index in [1.165, 1.54) is 12.1 Å². The van der Waals surface area contributed by atoms with E-state index in [-0.39, 0.29) is 23.6 Å². The third kappa shape index (κ3) is 1.93. The highest BCUT2D eigenvalue weighted by Gasteiger charge is 2.32. The van der Waals surface area contributed by atoms with Gasteiger partial charge in [-0.2, -0.15) is 0 Å². The van der Waals surface area contributed by atoms with Gasteiger partial charge in [0.1, 0.15) is 6.04 Å². The van der Waals surface area contributed by atoms with Crippen molar-refractivity contribution in [2.75, 3.05) is 6.79 Å². The zero-order chi connectivity index (χ0) is 12.6. The number of carboxylic acid groups (broad SMARTS) is 1. The van der Waals surface area contributed by atoms with Crippen molar-refractivity contribution in [3.63, 3.8) is 0 Å². The lowest BCUT2D eigenvalue weighted by atomic mass is 9.74. The number of benzene rings is 1. The van der Waals surface area contributed by atoms with Crippen LogP contribution in [0.1, 0.15) is 11.6 Å². The number of carbonyl (C=O) groups is 1. The van der Waals surface area contributed by atoms with Crippen LogP contribution in [0.4, 0.5) is 0 Å². The summed E-state index contributed by atoms with van der Waals surface area (Å²) in [6.07, 6.45) is 0. The topological polar surface area (TPSA) is 122 Å². The summed E-state index contributed by atoms with van der Waals surface area (Å²) < 4.78 is 10.1. The van der Waals surface area contributed by atoms with E-state index in [1.807, 2.05) is 0 Å². The molecule has 0 saturated carbocycles. The van der Waals surface area contributed by atoms with Crippen molar-refractivity contribution in [2.45, 2.75) is 6.04 Å². The number of aliphatic carboxylic acids is 1. The van der Waals surface area contributed by atoms with Gasteiger partial charge < -0.3 is 30.4 Å². The number of fused-ring (bicyclic) bond motifs is 1. The van der Waals surface area contributed by atoms with E-state index in [0.29, 0.717) is 5.75 Å². The fourth-order valence-corrected chi connectivity index (χ4v) is 1.68. The smallest absolute Gasteiger partial charge is 0.480 e. The molecule has 8 heteroatoms. The number of hydrogen-bond acceptors (Lipinski definition) is 6. The van der Waals surface area contributed by atoms with E-state index < -0.39 is 19.1 Å². The summed E-state index contributed by atoms with van der Waals surface area (Å²) in [5.74, 6) is -0.825. The predicted molar refractivity (Wildman–Crippen MR) is 57.0 cm³/mol. The maximum atomic E-state index is 10.8. The molecule has 1 aromatic carbocycles. The van der Waals surface area contributed by atoms with Gasteiger partial charge in [-0.3, -0.25) is 4.79 Å². The molecule has 7 nitrogen and oxygen atoms in total. The van der Waals surface area contributed by atoms with E-state index in [2.05, 4.69) is 0 Å². The fraction of sp³-hybridized carbons (Fsp3) is 0.222. The van der Waals surface area contributed by atoms with Gasteiger partial charge in [-0.15, -0.1) is 0 Å². The van der Waals surface area contributed by atoms with Crippen LogP contribution in [0.25, 0.3) is 0 Å². The molecule has 1 heterocycles. The number of ether oxygens (including phenoxy) is 2. The first-order chi connectivity index (χ1) is 8.02. The van der Waals surface area contributed by atoms with Gasteiger partial charge in [-0.25, -0.2) is 0 Å². The number of nitrogens with two attached hydrogens (primary N) is 1. The minimum absolute atomic E-state index is 0.0547. The first-order valence-electron chi connectivity index (χ1n) is 4.79. The van der Waals surface area contributed by atoms with Crippen molar-refractivity contribution < 1.29 is 29.4 Å². The molecular formula is C9H10BNO6. The molecular weight excluding hydrogens is 229 g/mol. The lowest BCUT2D eigenvalue weighted by Gasteiger charge is -2.14. The van der Waals surface area contributed by atoms with Crippen LogP contribution in [0.5, 0.6) is 11.5 Å². The minimum Gasteiger partial charge on any atom is -0.480 e. The Morgan fingerprint density at radius 3 is 2.71 bits per heavy atom. The summed E-state index contributed by atoms with van der Waals surface area (Å²) in [6, 6.07) is 1.49. The Hall–Kier alpha value is -1.77. The second kappa shape index (κ2) is 4.25. The van der Waals surface area contributed by atoms with Gasteiger partial charge in [0.2, 0.25) is 6.79 Å². The Balaban J connectivity index is 2.56. The molecule has 5 N–H and O–H groups in total. The highest BCUT2D eigenvalue weighted by atomic mass is 16.7. The zero-order valence-electron chi connectivity index (χ0n) is 8.66. The molecule has 1 atom stereocenters. The van der Waals surface area contributed by atoms with Gasteiger partial charge in [0, 0.05) is 5.46 Å². The molecule has 1 aliphatic heterocycles. The summed E-state index contributed by atoms with van der Waals surface area (Å²) in [5, 5.41) is 27.4. The van der Waals surface area contributed by atoms with Gasteiger partial charge in [0.05, 0.1) is 0 Å². The molecule has 0 aromatic heterocycles. The molecule has 0 saturated heterocycles. The van der Waals surface area contributed by atoms with Crippen molar-refractivity contribution >= 4 is 18.6 Å². The molecule has 0 fully saturated rings. The third-order valence-corrected chi connectivity index (χ3v) is 2.47. The molecule has 0 spiro atoms. The number of rotatable bonds is 3. The molecule has 0 bridgehead atoms. The summed E-state index contributed by atoms with van der Waals surface area (Å²) in [6.45, 7) is -0.0547. The Morgan fingerprint density at radius 1 is 1.41 bits per heavy atom. The highest BCUT2D eigenvalue weighted by molar-refractivity contribution is 6.60. The summed E-state index contributed by atoms with van der Waals surface area (Å²) in [7, 11) is -1.88. The maximum Gasteiger partial charge on any atom is 0.492 e. The van der Waals surface area contributed by atoms with E-state index in [4.69, 9.17) is 20.3 Å². The molecule has 17 heavy (non-hydrogen) atoms.